The summed E-state index contributed by atoms with van der Waals surface area (Å²) in [6.07, 6.45) is 0. The number of aliphatic hydroxyl groups excluding tert-OH is 1. The van der Waals surface area contributed by atoms with Crippen LogP contribution < -0.4 is 5.14 Å². The number of hydrogen-bond acceptors (Lipinski definition) is 6. The normalized spacial score (nSPS) is 16.3. The zero-order valence-corrected chi connectivity index (χ0v) is 9.98. The summed E-state index contributed by atoms with van der Waals surface area (Å²) in [6, 6.07) is 0. The van der Waals surface area contributed by atoms with Gasteiger partial charge in [0.2, 0.25) is 4.34 Å². The largest absolute Gasteiger partial charge is 0.390 e. The van der Waals surface area contributed by atoms with E-state index in [0.717, 1.165) is 11.3 Å². The first-order chi connectivity index (χ1) is 6.66. The van der Waals surface area contributed by atoms with Crippen LogP contribution in [0, 0.1) is 4.78 Å². The highest BCUT2D eigenvalue weighted by atomic mass is 32.2. The molecule has 6 nitrogen and oxygen atoms in total. The molecule has 8 heteroatoms. The van der Waals surface area contributed by atoms with Crippen LogP contribution in [0.1, 0.15) is 24.4 Å². The highest BCUT2D eigenvalue weighted by Crippen LogP contribution is 2.31. The minimum Gasteiger partial charge on any atom is -0.390 e. The SMILES string of the molecule is CC(C)(O)c1sc(S(=N)(N)=O)nc1CO. The van der Waals surface area contributed by atoms with Crippen molar-refractivity contribution in [3.05, 3.63) is 10.6 Å². The summed E-state index contributed by atoms with van der Waals surface area (Å²) in [6.45, 7) is 2.66. The summed E-state index contributed by atoms with van der Waals surface area (Å²) in [5, 5.41) is 23.9. The molecule has 0 saturated heterocycles. The molecule has 1 aromatic heterocycles. The molecule has 0 saturated carbocycles. The van der Waals surface area contributed by atoms with Crippen molar-refractivity contribution in [1.82, 2.24) is 4.98 Å². The predicted molar refractivity (Wildman–Crippen MR) is 56.6 cm³/mol. The maximum Gasteiger partial charge on any atom is 0.204 e. The second kappa shape index (κ2) is 3.80. The van der Waals surface area contributed by atoms with Crippen molar-refractivity contribution in [2.45, 2.75) is 30.4 Å². The molecule has 1 rings (SSSR count). The van der Waals surface area contributed by atoms with Gasteiger partial charge in [0.05, 0.1) is 22.8 Å². The summed E-state index contributed by atoms with van der Waals surface area (Å²) in [5.74, 6) is 0. The van der Waals surface area contributed by atoms with Crippen molar-refractivity contribution in [3.8, 4) is 0 Å². The van der Waals surface area contributed by atoms with Crippen LogP contribution in [0.4, 0.5) is 0 Å². The van der Waals surface area contributed by atoms with Crippen LogP contribution in [-0.2, 0) is 22.1 Å². The molecule has 1 aromatic rings. The Morgan fingerprint density at radius 2 is 2.20 bits per heavy atom. The van der Waals surface area contributed by atoms with E-state index in [0.29, 0.717) is 4.88 Å². The van der Waals surface area contributed by atoms with E-state index in [4.69, 9.17) is 15.0 Å². The minimum absolute atomic E-state index is 0.0799. The topological polar surface area (TPSA) is 120 Å². The third kappa shape index (κ3) is 2.73. The number of rotatable bonds is 3. The molecule has 1 atom stereocenters. The standard InChI is InChI=1S/C7H13N3O3S2/c1-7(2,12)5-4(3-11)10-6(14-5)15(8,9)13/h11-12H,3H2,1-2H3,(H3,8,9,13). The number of thiazole rings is 1. The molecular formula is C7H13N3O3S2. The lowest BCUT2D eigenvalue weighted by Gasteiger charge is -2.15. The number of aromatic nitrogens is 1. The molecular weight excluding hydrogens is 238 g/mol. The molecule has 0 radical (unpaired) electrons. The van der Waals surface area contributed by atoms with Crippen LogP contribution in [0.2, 0.25) is 0 Å². The van der Waals surface area contributed by atoms with Gasteiger partial charge in [-0.15, -0.1) is 11.3 Å². The van der Waals surface area contributed by atoms with Crippen molar-refractivity contribution in [2.75, 3.05) is 0 Å². The Hall–Kier alpha value is -0.540. The van der Waals surface area contributed by atoms with Crippen LogP contribution in [-0.4, -0.2) is 19.4 Å². The molecule has 0 aromatic carbocycles. The summed E-state index contributed by atoms with van der Waals surface area (Å²) in [7, 11) is -3.39. The Morgan fingerprint density at radius 1 is 1.67 bits per heavy atom. The van der Waals surface area contributed by atoms with Gasteiger partial charge in [-0.05, 0) is 13.8 Å². The minimum atomic E-state index is -3.39. The average molecular weight is 251 g/mol. The van der Waals surface area contributed by atoms with E-state index < -0.39 is 15.5 Å². The van der Waals surface area contributed by atoms with Gasteiger partial charge in [-0.1, -0.05) is 0 Å². The molecule has 0 aliphatic heterocycles. The molecule has 0 aliphatic rings. The first-order valence-electron chi connectivity index (χ1n) is 4.06. The molecule has 0 amide bonds. The Kier molecular flexibility index (Phi) is 3.17. The van der Waals surface area contributed by atoms with Gasteiger partial charge >= 0.3 is 0 Å². The van der Waals surface area contributed by atoms with E-state index in [1.165, 1.54) is 13.8 Å². The molecule has 1 unspecified atom stereocenters. The lowest BCUT2D eigenvalue weighted by Crippen LogP contribution is -2.15. The quantitative estimate of drug-likeness (QED) is 0.610. The van der Waals surface area contributed by atoms with Gasteiger partial charge in [0, 0.05) is 0 Å². The van der Waals surface area contributed by atoms with Gasteiger partial charge in [0.15, 0.2) is 9.92 Å². The second-order valence-electron chi connectivity index (χ2n) is 3.57. The summed E-state index contributed by atoms with van der Waals surface area (Å²) in [5.41, 5.74) is -0.980. The van der Waals surface area contributed by atoms with Crippen LogP contribution in [0.3, 0.4) is 0 Å². The zero-order valence-electron chi connectivity index (χ0n) is 8.35. The van der Waals surface area contributed by atoms with Crippen LogP contribution >= 0.6 is 11.3 Å². The monoisotopic (exact) mass is 251 g/mol. The van der Waals surface area contributed by atoms with Crippen molar-refractivity contribution in [1.29, 1.82) is 4.78 Å². The fourth-order valence-corrected chi connectivity index (χ4v) is 2.84. The summed E-state index contributed by atoms with van der Waals surface area (Å²) >= 11 is 0.889. The van der Waals surface area contributed by atoms with Gasteiger partial charge in [-0.2, -0.15) is 0 Å². The van der Waals surface area contributed by atoms with Gasteiger partial charge in [-0.3, -0.25) is 0 Å². The lowest BCUT2D eigenvalue weighted by atomic mass is 10.1. The van der Waals surface area contributed by atoms with E-state index in [9.17, 15) is 9.32 Å². The molecule has 0 spiro atoms. The van der Waals surface area contributed by atoms with Crippen LogP contribution in [0.25, 0.3) is 0 Å². The van der Waals surface area contributed by atoms with Crippen molar-refractivity contribution < 1.29 is 14.4 Å². The molecule has 0 bridgehead atoms. The highest BCUT2D eigenvalue weighted by molar-refractivity contribution is 7.92. The van der Waals surface area contributed by atoms with Crippen molar-refractivity contribution in [3.63, 3.8) is 0 Å². The van der Waals surface area contributed by atoms with Crippen LogP contribution in [0.5, 0.6) is 0 Å². The maximum absolute atomic E-state index is 11.2. The van der Waals surface area contributed by atoms with Gasteiger partial charge in [0.1, 0.15) is 0 Å². The lowest BCUT2D eigenvalue weighted by molar-refractivity contribution is 0.0796. The van der Waals surface area contributed by atoms with Gasteiger partial charge in [-0.25, -0.2) is 19.1 Å². The average Bonchev–Trinajstić information content (AvgIpc) is 2.44. The Morgan fingerprint density at radius 3 is 2.47 bits per heavy atom. The molecule has 5 N–H and O–H groups in total. The maximum atomic E-state index is 11.2. The van der Waals surface area contributed by atoms with E-state index >= 15 is 0 Å². The molecule has 0 fully saturated rings. The number of aliphatic hydroxyl groups is 2. The smallest absolute Gasteiger partial charge is 0.204 e. The van der Waals surface area contributed by atoms with Crippen molar-refractivity contribution >= 4 is 21.3 Å². The third-order valence-electron chi connectivity index (χ3n) is 1.64. The van der Waals surface area contributed by atoms with Gasteiger partial charge < -0.3 is 10.2 Å². The first kappa shape index (κ1) is 12.5. The zero-order chi connectivity index (χ0) is 11.9. The van der Waals surface area contributed by atoms with Crippen LogP contribution in [0.15, 0.2) is 4.34 Å². The van der Waals surface area contributed by atoms with E-state index in [1.807, 2.05) is 0 Å². The molecule has 86 valence electrons. The predicted octanol–water partition coefficient (Wildman–Crippen LogP) is 0.142. The fourth-order valence-electron chi connectivity index (χ4n) is 1.04. The number of hydrogen-bond donors (Lipinski definition) is 4. The van der Waals surface area contributed by atoms with Gasteiger partial charge in [0.25, 0.3) is 0 Å². The molecule has 1 heterocycles. The number of nitrogens with one attached hydrogen (secondary N) is 1. The molecule has 15 heavy (non-hydrogen) atoms. The van der Waals surface area contributed by atoms with Crippen molar-refractivity contribution in [2.24, 2.45) is 5.14 Å². The Bertz CT molecular complexity index is 458. The van der Waals surface area contributed by atoms with E-state index in [-0.39, 0.29) is 16.6 Å². The fraction of sp³-hybridized carbons (Fsp3) is 0.571. The summed E-state index contributed by atoms with van der Waals surface area (Å²) in [4.78, 5) is 4.17. The summed E-state index contributed by atoms with van der Waals surface area (Å²) < 4.78 is 18.3. The highest BCUT2D eigenvalue weighted by Gasteiger charge is 2.26. The number of nitrogens with two attached hydrogens (primary N) is 1. The number of nitrogens with zero attached hydrogens (tertiary/aromatic N) is 1. The second-order valence-corrected chi connectivity index (χ2v) is 6.42. The molecule has 0 aliphatic carbocycles. The van der Waals surface area contributed by atoms with E-state index in [1.54, 1.807) is 0 Å². The Labute approximate surface area is 91.9 Å². The third-order valence-corrected chi connectivity index (χ3v) is 4.45. The first-order valence-corrected chi connectivity index (χ1v) is 6.50. The van der Waals surface area contributed by atoms with E-state index in [2.05, 4.69) is 4.98 Å². The Balaban J connectivity index is 3.37.